The molecule has 0 unspecified atom stereocenters. The largest absolute Gasteiger partial charge is 0.393 e. The maximum Gasteiger partial charge on any atom is 0.0811 e. The molecule has 0 aromatic heterocycles. The molecule has 0 amide bonds. The predicted octanol–water partition coefficient (Wildman–Crippen LogP) is 6.41. The minimum absolute atomic E-state index is 0.0482. The number of hydrogen-bond donors (Lipinski definition) is 3. The van der Waals surface area contributed by atoms with E-state index in [1.54, 1.807) is 0 Å². The van der Waals surface area contributed by atoms with Gasteiger partial charge in [0.25, 0.3) is 0 Å². The summed E-state index contributed by atoms with van der Waals surface area (Å²) in [6.45, 7) is 8.13. The lowest BCUT2D eigenvalue weighted by atomic mass is 9.62. The smallest absolute Gasteiger partial charge is 0.0811 e. The standard InChI is InChI=1S/C29H46O3/c1-6-29(32,7-2)17-8-10-20(3)25-14-15-26-22(11-9-16-28(25,26)5)12-13-23-18-24(30)19-27(31)21(23)4/h12-14,20,24,26-27,30-32H,4,6-11,15-19H2,1-3,5H3/b22-12+,23-13-/t20-,24-,26-,27-,28+/m0/s1/i5D3. The molecule has 5 atom stereocenters. The Bertz CT molecular complexity index is 865. The quantitative estimate of drug-likeness (QED) is 0.379. The van der Waals surface area contributed by atoms with E-state index in [0.717, 1.165) is 68.1 Å². The van der Waals surface area contributed by atoms with E-state index >= 15 is 0 Å². The topological polar surface area (TPSA) is 60.7 Å². The van der Waals surface area contributed by atoms with Gasteiger partial charge in [0.15, 0.2) is 0 Å². The highest BCUT2D eigenvalue weighted by Crippen LogP contribution is 2.57. The number of hydrogen-bond acceptors (Lipinski definition) is 3. The molecule has 0 spiro atoms. The molecule has 3 rings (SSSR count). The Balaban J connectivity index is 1.83. The fraction of sp³-hybridized carbons (Fsp3) is 0.724. The molecule has 0 saturated heterocycles. The zero-order chi connectivity index (χ0) is 26.0. The lowest BCUT2D eigenvalue weighted by molar-refractivity contribution is 0.0204. The molecule has 2 saturated carbocycles. The Hall–Kier alpha value is -1.16. The molecule has 3 nitrogen and oxygen atoms in total. The first-order valence-corrected chi connectivity index (χ1v) is 12.8. The fourth-order valence-electron chi connectivity index (χ4n) is 6.16. The van der Waals surface area contributed by atoms with Crippen LogP contribution in [-0.2, 0) is 0 Å². The van der Waals surface area contributed by atoms with Crippen molar-refractivity contribution in [3.05, 3.63) is 47.1 Å². The maximum atomic E-state index is 10.7. The molecule has 32 heavy (non-hydrogen) atoms. The summed E-state index contributed by atoms with van der Waals surface area (Å²) >= 11 is 0. The van der Waals surface area contributed by atoms with Crippen molar-refractivity contribution in [2.75, 3.05) is 0 Å². The normalized spacial score (nSPS) is 36.4. The van der Waals surface area contributed by atoms with Crippen molar-refractivity contribution in [2.45, 2.75) is 116 Å². The second kappa shape index (κ2) is 10.4. The third-order valence-corrected chi connectivity index (χ3v) is 8.56. The van der Waals surface area contributed by atoms with Crippen LogP contribution in [0.25, 0.3) is 0 Å². The van der Waals surface area contributed by atoms with Crippen LogP contribution in [0.4, 0.5) is 0 Å². The van der Waals surface area contributed by atoms with Gasteiger partial charge in [-0.15, -0.1) is 0 Å². The van der Waals surface area contributed by atoms with Gasteiger partial charge in [-0.1, -0.05) is 70.0 Å². The van der Waals surface area contributed by atoms with Gasteiger partial charge < -0.3 is 15.3 Å². The summed E-state index contributed by atoms with van der Waals surface area (Å²) in [6, 6.07) is 0. The fourth-order valence-corrected chi connectivity index (χ4v) is 6.16. The van der Waals surface area contributed by atoms with Crippen LogP contribution in [0.15, 0.2) is 47.1 Å². The van der Waals surface area contributed by atoms with Gasteiger partial charge in [0.05, 0.1) is 17.8 Å². The van der Waals surface area contributed by atoms with Crippen molar-refractivity contribution in [1.82, 2.24) is 0 Å². The predicted molar refractivity (Wildman–Crippen MR) is 133 cm³/mol. The summed E-state index contributed by atoms with van der Waals surface area (Å²) in [4.78, 5) is 0. The summed E-state index contributed by atoms with van der Waals surface area (Å²) in [5.41, 5.74) is 2.31. The first kappa shape index (κ1) is 21.4. The lowest BCUT2D eigenvalue weighted by Crippen LogP contribution is -2.32. The van der Waals surface area contributed by atoms with E-state index in [1.165, 1.54) is 0 Å². The third kappa shape index (κ3) is 5.32. The highest BCUT2D eigenvalue weighted by molar-refractivity contribution is 5.40. The molecule has 3 heteroatoms. The zero-order valence-corrected chi connectivity index (χ0v) is 20.4. The summed E-state index contributed by atoms with van der Waals surface area (Å²) in [6.07, 6.45) is 12.8. The molecule has 0 aromatic carbocycles. The molecule has 2 fully saturated rings. The van der Waals surface area contributed by atoms with Crippen LogP contribution in [0, 0.1) is 17.3 Å². The molecule has 0 aliphatic heterocycles. The average Bonchev–Trinajstić information content (AvgIpc) is 3.22. The highest BCUT2D eigenvalue weighted by Gasteiger charge is 2.45. The molecule has 0 heterocycles. The van der Waals surface area contributed by atoms with Crippen molar-refractivity contribution in [3.63, 3.8) is 0 Å². The van der Waals surface area contributed by atoms with Gasteiger partial charge in [-0.2, -0.15) is 0 Å². The monoisotopic (exact) mass is 445 g/mol. The molecular weight excluding hydrogens is 396 g/mol. The van der Waals surface area contributed by atoms with E-state index < -0.39 is 30.1 Å². The highest BCUT2D eigenvalue weighted by atomic mass is 16.3. The van der Waals surface area contributed by atoms with Gasteiger partial charge in [-0.3, -0.25) is 0 Å². The summed E-state index contributed by atoms with van der Waals surface area (Å²) in [5, 5.41) is 30.9. The SMILES string of the molecule is [2H]C([2H])([2H])[C@]12CCC/C(=C\C=C3\C[C@H](O)C[C@H](O)C3=C)[C@@H]1CC=C2[C@@H](C)CCCC(O)(CC)CC. The molecule has 0 radical (unpaired) electrons. The molecule has 3 aliphatic carbocycles. The van der Waals surface area contributed by atoms with Crippen molar-refractivity contribution in [3.8, 4) is 0 Å². The number of aliphatic hydroxyl groups is 3. The number of fused-ring (bicyclic) bond motifs is 1. The van der Waals surface area contributed by atoms with Gasteiger partial charge in [-0.05, 0) is 86.2 Å². The first-order valence-electron chi connectivity index (χ1n) is 14.3. The van der Waals surface area contributed by atoms with Crippen molar-refractivity contribution < 1.29 is 19.4 Å². The minimum atomic E-state index is -2.09. The minimum Gasteiger partial charge on any atom is -0.393 e. The van der Waals surface area contributed by atoms with E-state index in [-0.39, 0.29) is 11.8 Å². The lowest BCUT2D eigenvalue weighted by Gasteiger charge is -2.42. The Labute approximate surface area is 200 Å². The Morgan fingerprint density at radius 2 is 2.06 bits per heavy atom. The second-order valence-corrected chi connectivity index (χ2v) is 10.6. The maximum absolute atomic E-state index is 10.7. The van der Waals surface area contributed by atoms with E-state index in [9.17, 15) is 15.3 Å². The number of aliphatic hydroxyl groups excluding tert-OH is 2. The van der Waals surface area contributed by atoms with Gasteiger partial charge in [0.2, 0.25) is 0 Å². The van der Waals surface area contributed by atoms with E-state index in [0.29, 0.717) is 24.8 Å². The van der Waals surface area contributed by atoms with Crippen LogP contribution < -0.4 is 0 Å². The summed E-state index contributed by atoms with van der Waals surface area (Å²) < 4.78 is 25.9. The van der Waals surface area contributed by atoms with Crippen LogP contribution in [-0.4, -0.2) is 33.1 Å². The Morgan fingerprint density at radius 3 is 2.75 bits per heavy atom. The third-order valence-electron chi connectivity index (χ3n) is 8.56. The van der Waals surface area contributed by atoms with Crippen molar-refractivity contribution in [1.29, 1.82) is 0 Å². The summed E-state index contributed by atoms with van der Waals surface area (Å²) in [5.74, 6) is 0.118. The van der Waals surface area contributed by atoms with Crippen LogP contribution in [0.5, 0.6) is 0 Å². The van der Waals surface area contributed by atoms with E-state index in [2.05, 4.69) is 25.7 Å². The van der Waals surface area contributed by atoms with Crippen LogP contribution in [0.1, 0.15) is 102 Å². The van der Waals surface area contributed by atoms with Crippen LogP contribution in [0.2, 0.25) is 0 Å². The van der Waals surface area contributed by atoms with Crippen LogP contribution in [0.3, 0.4) is 0 Å². The molecular formula is C29H46O3. The molecule has 180 valence electrons. The zero-order valence-electron chi connectivity index (χ0n) is 23.4. The first-order chi connectivity index (χ1) is 16.4. The Morgan fingerprint density at radius 1 is 1.31 bits per heavy atom. The van der Waals surface area contributed by atoms with Gasteiger partial charge in [0, 0.05) is 10.5 Å². The molecule has 0 aromatic rings. The van der Waals surface area contributed by atoms with Crippen molar-refractivity contribution >= 4 is 0 Å². The molecule has 3 N–H and O–H groups in total. The van der Waals surface area contributed by atoms with E-state index in [4.69, 9.17) is 4.11 Å². The van der Waals surface area contributed by atoms with Crippen molar-refractivity contribution in [2.24, 2.45) is 17.3 Å². The molecule has 3 aliphatic rings. The van der Waals surface area contributed by atoms with Gasteiger partial charge in [0.1, 0.15) is 0 Å². The second-order valence-electron chi connectivity index (χ2n) is 10.6. The van der Waals surface area contributed by atoms with E-state index in [1.807, 2.05) is 19.9 Å². The average molecular weight is 446 g/mol. The number of rotatable bonds is 8. The van der Waals surface area contributed by atoms with Gasteiger partial charge in [-0.25, -0.2) is 0 Å². The molecule has 0 bridgehead atoms. The summed E-state index contributed by atoms with van der Waals surface area (Å²) in [7, 11) is 0. The van der Waals surface area contributed by atoms with Gasteiger partial charge >= 0.3 is 0 Å². The van der Waals surface area contributed by atoms with Crippen LogP contribution >= 0.6 is 0 Å². The number of allylic oxidation sites excluding steroid dienone is 5. The Kier molecular flexibility index (Phi) is 6.95.